The van der Waals surface area contributed by atoms with Gasteiger partial charge in [-0.2, -0.15) is 0 Å². The molecule has 0 aromatic carbocycles. The number of aromatic nitrogens is 1. The predicted octanol–water partition coefficient (Wildman–Crippen LogP) is 2.28. The number of amides is 1. The van der Waals surface area contributed by atoms with E-state index in [-0.39, 0.29) is 5.69 Å². The van der Waals surface area contributed by atoms with E-state index in [1.54, 1.807) is 32.9 Å². The molecule has 22 heavy (non-hydrogen) atoms. The van der Waals surface area contributed by atoms with E-state index in [9.17, 15) is 14.4 Å². The van der Waals surface area contributed by atoms with Crippen molar-refractivity contribution >= 4 is 28.9 Å². The fourth-order valence-electron chi connectivity index (χ4n) is 1.39. The lowest BCUT2D eigenvalue weighted by Crippen LogP contribution is -2.36. The zero-order valence-corrected chi connectivity index (χ0v) is 13.3. The van der Waals surface area contributed by atoms with Crippen LogP contribution in [0.5, 0.6) is 0 Å². The van der Waals surface area contributed by atoms with Crippen molar-refractivity contribution in [2.75, 3.05) is 0 Å². The molecule has 0 aliphatic heterocycles. The third kappa shape index (κ3) is 7.07. The van der Waals surface area contributed by atoms with Gasteiger partial charge < -0.3 is 15.2 Å². The number of carboxylic acids is 1. The lowest BCUT2D eigenvalue weighted by molar-refractivity contribution is -0.137. The number of hydrogen-bond acceptors (Lipinski definition) is 6. The maximum atomic E-state index is 12.0. The highest BCUT2D eigenvalue weighted by atomic mass is 32.2. The Morgan fingerprint density at radius 1 is 1.36 bits per heavy atom. The molecular formula is C14H18N2O5S. The molecule has 0 aliphatic carbocycles. The van der Waals surface area contributed by atoms with E-state index in [4.69, 9.17) is 9.84 Å². The molecule has 1 rings (SSSR count). The number of pyridine rings is 1. The topological polar surface area (TPSA) is 106 Å². The molecule has 1 heterocycles. The van der Waals surface area contributed by atoms with Crippen LogP contribution in [0.1, 0.15) is 37.7 Å². The van der Waals surface area contributed by atoms with Crippen molar-refractivity contribution in [1.29, 1.82) is 0 Å². The Labute approximate surface area is 132 Å². The molecule has 1 aromatic rings. The second-order valence-corrected chi connectivity index (χ2v) is 6.50. The van der Waals surface area contributed by atoms with Crippen LogP contribution in [0.4, 0.5) is 4.79 Å². The van der Waals surface area contributed by atoms with Crippen LogP contribution in [0.15, 0.2) is 24.4 Å². The van der Waals surface area contributed by atoms with Gasteiger partial charge in [-0.25, -0.2) is 4.79 Å². The first-order chi connectivity index (χ1) is 10.2. The Balaban J connectivity index is 2.70. The van der Waals surface area contributed by atoms with Gasteiger partial charge in [0.15, 0.2) is 0 Å². The number of nitrogens with one attached hydrogen (secondary N) is 1. The molecule has 0 fully saturated rings. The Kier molecular flexibility index (Phi) is 6.36. The zero-order valence-electron chi connectivity index (χ0n) is 12.5. The first-order valence-corrected chi connectivity index (χ1v) is 7.38. The van der Waals surface area contributed by atoms with Gasteiger partial charge in [-0.3, -0.25) is 14.6 Å². The minimum atomic E-state index is -1.14. The molecule has 0 bridgehead atoms. The molecule has 0 radical (unpaired) electrons. The van der Waals surface area contributed by atoms with E-state index < -0.39 is 34.6 Å². The Bertz CT molecular complexity index is 542. The Morgan fingerprint density at radius 3 is 2.55 bits per heavy atom. The number of ether oxygens (including phenoxy) is 1. The second kappa shape index (κ2) is 7.79. The summed E-state index contributed by atoms with van der Waals surface area (Å²) in [5.74, 6) is -1.69. The van der Waals surface area contributed by atoms with Crippen LogP contribution in [0.2, 0.25) is 0 Å². The van der Waals surface area contributed by atoms with Crippen molar-refractivity contribution in [1.82, 2.24) is 10.3 Å². The molecule has 0 aliphatic rings. The lowest BCUT2D eigenvalue weighted by Gasteiger charge is -2.21. The molecule has 0 saturated heterocycles. The van der Waals surface area contributed by atoms with Crippen LogP contribution >= 0.6 is 11.8 Å². The first kappa shape index (κ1) is 18.0. The summed E-state index contributed by atoms with van der Waals surface area (Å²) in [6.45, 7) is 5.10. The molecule has 1 amide bonds. The number of carbonyl (C=O) groups excluding carboxylic acids is 2. The summed E-state index contributed by atoms with van der Waals surface area (Å²) in [6.07, 6.45) is 1.03. The number of rotatable bonds is 5. The van der Waals surface area contributed by atoms with Gasteiger partial charge >= 0.3 is 11.3 Å². The van der Waals surface area contributed by atoms with E-state index in [0.29, 0.717) is 11.8 Å². The monoisotopic (exact) mass is 326 g/mol. The number of carbonyl (C=O) groups is 3. The van der Waals surface area contributed by atoms with Crippen molar-refractivity contribution in [2.24, 2.45) is 0 Å². The minimum Gasteiger partial charge on any atom is -0.481 e. The van der Waals surface area contributed by atoms with E-state index in [0.717, 1.165) is 0 Å². The Hall–Kier alpha value is -2.09. The van der Waals surface area contributed by atoms with Crippen LogP contribution in [0.25, 0.3) is 0 Å². The van der Waals surface area contributed by atoms with Crippen molar-refractivity contribution in [3.63, 3.8) is 0 Å². The maximum Gasteiger partial charge on any atom is 0.369 e. The molecule has 8 heteroatoms. The van der Waals surface area contributed by atoms with Gasteiger partial charge in [0.1, 0.15) is 11.3 Å². The van der Waals surface area contributed by atoms with Gasteiger partial charge in [-0.15, -0.1) is 0 Å². The summed E-state index contributed by atoms with van der Waals surface area (Å²) >= 11 is 0.621. The largest absolute Gasteiger partial charge is 0.481 e. The number of hydrogen-bond donors (Lipinski definition) is 2. The second-order valence-electron chi connectivity index (χ2n) is 5.36. The van der Waals surface area contributed by atoms with Gasteiger partial charge in [0, 0.05) is 6.20 Å². The normalized spacial score (nSPS) is 12.3. The minimum absolute atomic E-state index is 0.141. The van der Waals surface area contributed by atoms with Gasteiger partial charge in [0.05, 0.1) is 11.8 Å². The summed E-state index contributed by atoms with van der Waals surface area (Å²) in [5, 5.41) is 9.75. The summed E-state index contributed by atoms with van der Waals surface area (Å²) in [5.41, 5.74) is -0.550. The first-order valence-electron chi connectivity index (χ1n) is 6.51. The van der Waals surface area contributed by atoms with Gasteiger partial charge in [0.2, 0.25) is 0 Å². The van der Waals surface area contributed by atoms with Gasteiger partial charge in [0.25, 0.3) is 5.91 Å². The van der Waals surface area contributed by atoms with Crippen LogP contribution in [-0.4, -0.2) is 38.2 Å². The molecule has 0 spiro atoms. The standard InChI is InChI=1S/C14H18N2O5S/c1-14(2,3)21-13(20)22-10(8-11(17)18)16-12(19)9-6-4-5-7-15-9/h4-7,10H,8H2,1-3H3,(H,16,19)(H,17,18). The van der Waals surface area contributed by atoms with E-state index in [1.807, 2.05) is 0 Å². The molecule has 0 saturated carbocycles. The van der Waals surface area contributed by atoms with Crippen LogP contribution in [-0.2, 0) is 9.53 Å². The number of carboxylic acid groups (broad SMARTS) is 1. The molecule has 120 valence electrons. The van der Waals surface area contributed by atoms with E-state index in [2.05, 4.69) is 10.3 Å². The fraction of sp³-hybridized carbons (Fsp3) is 0.429. The van der Waals surface area contributed by atoms with Crippen molar-refractivity contribution < 1.29 is 24.2 Å². The fourth-order valence-corrected chi connectivity index (χ4v) is 2.31. The third-order valence-corrected chi connectivity index (χ3v) is 3.02. The number of aliphatic carboxylic acids is 1. The summed E-state index contributed by atoms with van der Waals surface area (Å²) < 4.78 is 5.10. The SMILES string of the molecule is CC(C)(C)OC(=O)SC(CC(=O)O)NC(=O)c1ccccn1. The molecule has 7 nitrogen and oxygen atoms in total. The van der Waals surface area contributed by atoms with Crippen LogP contribution < -0.4 is 5.32 Å². The molecule has 1 atom stereocenters. The van der Waals surface area contributed by atoms with Crippen LogP contribution in [0.3, 0.4) is 0 Å². The Morgan fingerprint density at radius 2 is 2.05 bits per heavy atom. The molecule has 2 N–H and O–H groups in total. The quantitative estimate of drug-likeness (QED) is 0.631. The number of thioether (sulfide) groups is 1. The summed E-state index contributed by atoms with van der Waals surface area (Å²) in [7, 11) is 0. The van der Waals surface area contributed by atoms with Crippen molar-refractivity contribution in [3.05, 3.63) is 30.1 Å². The average Bonchev–Trinajstić information content (AvgIpc) is 2.36. The smallest absolute Gasteiger partial charge is 0.369 e. The zero-order chi connectivity index (χ0) is 16.8. The molecule has 1 unspecified atom stereocenters. The van der Waals surface area contributed by atoms with Gasteiger partial charge in [-0.05, 0) is 44.7 Å². The molecular weight excluding hydrogens is 308 g/mol. The van der Waals surface area contributed by atoms with Crippen molar-refractivity contribution in [3.8, 4) is 0 Å². The summed E-state index contributed by atoms with van der Waals surface area (Å²) in [4.78, 5) is 38.4. The summed E-state index contributed by atoms with van der Waals surface area (Å²) in [6, 6.07) is 4.78. The van der Waals surface area contributed by atoms with E-state index >= 15 is 0 Å². The molecule has 1 aromatic heterocycles. The lowest BCUT2D eigenvalue weighted by atomic mass is 10.2. The third-order valence-electron chi connectivity index (χ3n) is 2.18. The highest BCUT2D eigenvalue weighted by Crippen LogP contribution is 2.20. The average molecular weight is 326 g/mol. The van der Waals surface area contributed by atoms with Gasteiger partial charge in [-0.1, -0.05) is 6.07 Å². The maximum absolute atomic E-state index is 12.0. The van der Waals surface area contributed by atoms with Crippen molar-refractivity contribution in [2.45, 2.75) is 38.2 Å². The highest BCUT2D eigenvalue weighted by Gasteiger charge is 2.25. The van der Waals surface area contributed by atoms with E-state index in [1.165, 1.54) is 12.3 Å². The highest BCUT2D eigenvalue weighted by molar-refractivity contribution is 8.13. The van der Waals surface area contributed by atoms with Crippen LogP contribution in [0, 0.1) is 0 Å². The predicted molar refractivity (Wildman–Crippen MR) is 81.6 cm³/mol. The number of nitrogens with zero attached hydrogens (tertiary/aromatic N) is 1.